The molecular weight excluding hydrogens is 216 g/mol. The zero-order valence-corrected chi connectivity index (χ0v) is 10.8. The average molecular weight is 238 g/mol. The Balaban J connectivity index is 1.83. The van der Waals surface area contributed by atoms with Crippen molar-refractivity contribution in [3.8, 4) is 0 Å². The van der Waals surface area contributed by atoms with E-state index in [9.17, 15) is 0 Å². The molecule has 1 unspecified atom stereocenters. The van der Waals surface area contributed by atoms with Crippen molar-refractivity contribution in [2.24, 2.45) is 0 Å². The average Bonchev–Trinajstić information content (AvgIpc) is 2.97. The third-order valence-electron chi connectivity index (χ3n) is 3.31. The van der Waals surface area contributed by atoms with Crippen molar-refractivity contribution in [3.63, 3.8) is 0 Å². The molecule has 1 aliphatic heterocycles. The number of hydrogen-bond donors (Lipinski definition) is 1. The van der Waals surface area contributed by atoms with Crippen LogP contribution in [0.2, 0.25) is 0 Å². The Kier molecular flexibility index (Phi) is 4.50. The van der Waals surface area contributed by atoms with E-state index >= 15 is 0 Å². The summed E-state index contributed by atoms with van der Waals surface area (Å²) in [7, 11) is 2.12. The van der Waals surface area contributed by atoms with E-state index in [4.69, 9.17) is 4.52 Å². The number of nitrogens with one attached hydrogen (secondary N) is 1. The Morgan fingerprint density at radius 2 is 2.41 bits per heavy atom. The summed E-state index contributed by atoms with van der Waals surface area (Å²) in [4.78, 5) is 6.71. The fourth-order valence-corrected chi connectivity index (χ4v) is 2.15. The van der Waals surface area contributed by atoms with Gasteiger partial charge in [0.15, 0.2) is 5.82 Å². The molecule has 96 valence electrons. The maximum absolute atomic E-state index is 5.27. The highest BCUT2D eigenvalue weighted by Gasteiger charge is 2.20. The first-order chi connectivity index (χ1) is 8.29. The number of rotatable bonds is 6. The van der Waals surface area contributed by atoms with Crippen LogP contribution < -0.4 is 5.32 Å². The van der Waals surface area contributed by atoms with Gasteiger partial charge in [-0.15, -0.1) is 0 Å². The minimum Gasteiger partial charge on any atom is -0.338 e. The van der Waals surface area contributed by atoms with Crippen molar-refractivity contribution in [3.05, 3.63) is 11.7 Å². The van der Waals surface area contributed by atoms with E-state index in [0.29, 0.717) is 6.04 Å². The topological polar surface area (TPSA) is 54.2 Å². The number of likely N-dealkylation sites (N-methyl/N-ethyl adjacent to an activating group) is 1. The smallest absolute Gasteiger partial charge is 0.240 e. The summed E-state index contributed by atoms with van der Waals surface area (Å²) in [6.45, 7) is 5.10. The van der Waals surface area contributed by atoms with E-state index in [1.54, 1.807) is 0 Å². The second-order valence-corrected chi connectivity index (χ2v) is 4.77. The highest BCUT2D eigenvalue weighted by molar-refractivity contribution is 4.88. The molecule has 0 amide bonds. The number of nitrogens with zero attached hydrogens (tertiary/aromatic N) is 3. The lowest BCUT2D eigenvalue weighted by Crippen LogP contribution is -2.32. The Morgan fingerprint density at radius 3 is 3.12 bits per heavy atom. The second-order valence-electron chi connectivity index (χ2n) is 4.77. The van der Waals surface area contributed by atoms with Crippen LogP contribution in [0.25, 0.3) is 0 Å². The second kappa shape index (κ2) is 6.12. The highest BCUT2D eigenvalue weighted by Crippen LogP contribution is 2.10. The number of unbranched alkanes of at least 4 members (excludes halogenated alkanes) is 1. The molecule has 1 aliphatic rings. The molecule has 17 heavy (non-hydrogen) atoms. The molecule has 2 rings (SSSR count). The van der Waals surface area contributed by atoms with Crippen molar-refractivity contribution in [2.75, 3.05) is 20.1 Å². The lowest BCUT2D eigenvalue weighted by Gasteiger charge is -2.21. The van der Waals surface area contributed by atoms with Crippen molar-refractivity contribution in [1.82, 2.24) is 20.4 Å². The molecule has 1 atom stereocenters. The summed E-state index contributed by atoms with van der Waals surface area (Å²) >= 11 is 0. The third-order valence-corrected chi connectivity index (χ3v) is 3.31. The van der Waals surface area contributed by atoms with E-state index in [-0.39, 0.29) is 0 Å². The predicted octanol–water partition coefficient (Wildman–Crippen LogP) is 1.21. The van der Waals surface area contributed by atoms with Crippen LogP contribution >= 0.6 is 0 Å². The summed E-state index contributed by atoms with van der Waals surface area (Å²) in [6, 6.07) is 0.598. The van der Waals surface area contributed by atoms with Crippen LogP contribution in [0.5, 0.6) is 0 Å². The molecule has 0 radical (unpaired) electrons. The van der Waals surface area contributed by atoms with Crippen molar-refractivity contribution in [2.45, 2.75) is 45.2 Å². The summed E-state index contributed by atoms with van der Waals surface area (Å²) in [6.07, 6.45) is 4.42. The predicted molar refractivity (Wildman–Crippen MR) is 65.7 cm³/mol. The fraction of sp³-hybridized carbons (Fsp3) is 0.833. The van der Waals surface area contributed by atoms with Crippen LogP contribution in [0.4, 0.5) is 0 Å². The molecule has 1 N–H and O–H groups in total. The molecule has 0 spiro atoms. The fourth-order valence-electron chi connectivity index (χ4n) is 2.15. The van der Waals surface area contributed by atoms with Crippen LogP contribution in [0, 0.1) is 0 Å². The maximum atomic E-state index is 5.27. The largest absolute Gasteiger partial charge is 0.338 e. The molecule has 2 heterocycles. The van der Waals surface area contributed by atoms with Gasteiger partial charge in [-0.25, -0.2) is 0 Å². The molecule has 0 aromatic carbocycles. The van der Waals surface area contributed by atoms with E-state index in [1.165, 1.54) is 6.42 Å². The standard InChI is InChI=1S/C12H22N4O/c1-3-4-5-11-14-12(17-15-11)9-16(2)10-6-7-13-8-10/h10,13H,3-9H2,1-2H3. The summed E-state index contributed by atoms with van der Waals surface area (Å²) in [5, 5.41) is 7.37. The van der Waals surface area contributed by atoms with E-state index in [2.05, 4.69) is 34.3 Å². The van der Waals surface area contributed by atoms with Crippen molar-refractivity contribution in [1.29, 1.82) is 0 Å². The summed E-state index contributed by atoms with van der Waals surface area (Å²) in [5.41, 5.74) is 0. The van der Waals surface area contributed by atoms with E-state index in [1.807, 2.05) is 0 Å². The van der Waals surface area contributed by atoms with Gasteiger partial charge < -0.3 is 9.84 Å². The first-order valence-electron chi connectivity index (χ1n) is 6.52. The van der Waals surface area contributed by atoms with Crippen LogP contribution in [0.3, 0.4) is 0 Å². The van der Waals surface area contributed by atoms with Gasteiger partial charge >= 0.3 is 0 Å². The van der Waals surface area contributed by atoms with Gasteiger partial charge in [-0.1, -0.05) is 18.5 Å². The van der Waals surface area contributed by atoms with Crippen molar-refractivity contribution < 1.29 is 4.52 Å². The Labute approximate surface area is 103 Å². The molecule has 1 aromatic rings. The van der Waals surface area contributed by atoms with E-state index < -0.39 is 0 Å². The van der Waals surface area contributed by atoms with Crippen LogP contribution in [-0.2, 0) is 13.0 Å². The van der Waals surface area contributed by atoms with E-state index in [0.717, 1.165) is 50.6 Å². The molecule has 1 fully saturated rings. The zero-order chi connectivity index (χ0) is 12.1. The molecule has 5 nitrogen and oxygen atoms in total. The maximum Gasteiger partial charge on any atom is 0.240 e. The van der Waals surface area contributed by atoms with Gasteiger partial charge in [-0.2, -0.15) is 4.98 Å². The lowest BCUT2D eigenvalue weighted by molar-refractivity contribution is 0.214. The minimum atomic E-state index is 0.598. The first kappa shape index (κ1) is 12.5. The Bertz CT molecular complexity index is 333. The normalized spacial score (nSPS) is 20.3. The lowest BCUT2D eigenvalue weighted by atomic mass is 10.2. The number of aromatic nitrogens is 2. The van der Waals surface area contributed by atoms with Gasteiger partial charge in [0.2, 0.25) is 5.89 Å². The molecular formula is C12H22N4O. The molecule has 0 saturated carbocycles. The van der Waals surface area contributed by atoms with Crippen molar-refractivity contribution >= 4 is 0 Å². The molecule has 5 heteroatoms. The SMILES string of the molecule is CCCCc1noc(CN(C)C2CCNC2)n1. The van der Waals surface area contributed by atoms with Gasteiger partial charge in [0.05, 0.1) is 6.54 Å². The quantitative estimate of drug-likeness (QED) is 0.807. The van der Waals surface area contributed by atoms with Gasteiger partial charge in [-0.3, -0.25) is 4.90 Å². The molecule has 0 bridgehead atoms. The van der Waals surface area contributed by atoms with Gasteiger partial charge in [-0.05, 0) is 26.4 Å². The number of hydrogen-bond acceptors (Lipinski definition) is 5. The Morgan fingerprint density at radius 1 is 1.53 bits per heavy atom. The molecule has 1 aromatic heterocycles. The zero-order valence-electron chi connectivity index (χ0n) is 10.8. The minimum absolute atomic E-state index is 0.598. The summed E-state index contributed by atoms with van der Waals surface area (Å²) < 4.78 is 5.27. The summed E-state index contributed by atoms with van der Waals surface area (Å²) in [5.74, 6) is 1.59. The van der Waals surface area contributed by atoms with Crippen LogP contribution in [0.15, 0.2) is 4.52 Å². The first-order valence-corrected chi connectivity index (χ1v) is 6.52. The Hall–Kier alpha value is -0.940. The van der Waals surface area contributed by atoms with Crippen LogP contribution in [-0.4, -0.2) is 41.2 Å². The van der Waals surface area contributed by atoms with Gasteiger partial charge in [0.25, 0.3) is 0 Å². The highest BCUT2D eigenvalue weighted by atomic mass is 16.5. The van der Waals surface area contributed by atoms with Gasteiger partial charge in [0.1, 0.15) is 0 Å². The third kappa shape index (κ3) is 3.51. The molecule has 1 saturated heterocycles. The monoisotopic (exact) mass is 238 g/mol. The molecule has 0 aliphatic carbocycles. The number of aryl methyl sites for hydroxylation is 1. The van der Waals surface area contributed by atoms with Crippen LogP contribution in [0.1, 0.15) is 37.9 Å². The van der Waals surface area contributed by atoms with Gasteiger partial charge in [0, 0.05) is 19.0 Å².